The van der Waals surface area contributed by atoms with Crippen molar-refractivity contribution in [2.75, 3.05) is 7.11 Å². The standard InChI is InChI=1S/C9H11ClN2O2/c1-5-3-8(14-2)7(10)4-6(5)9(13)12-11/h3-4H,11H2,1-2H3,(H,12,13). The molecule has 14 heavy (non-hydrogen) atoms. The van der Waals surface area contributed by atoms with Crippen LogP contribution in [0.5, 0.6) is 5.75 Å². The number of hydrogen-bond donors (Lipinski definition) is 2. The third kappa shape index (κ3) is 1.97. The molecule has 4 nitrogen and oxygen atoms in total. The van der Waals surface area contributed by atoms with Crippen LogP contribution in [0.2, 0.25) is 5.02 Å². The summed E-state index contributed by atoms with van der Waals surface area (Å²) in [5.74, 6) is 5.19. The number of ether oxygens (including phenoxy) is 1. The molecule has 0 saturated heterocycles. The van der Waals surface area contributed by atoms with E-state index < -0.39 is 0 Å². The Labute approximate surface area is 87.0 Å². The quantitative estimate of drug-likeness (QED) is 0.443. The van der Waals surface area contributed by atoms with Gasteiger partial charge >= 0.3 is 0 Å². The highest BCUT2D eigenvalue weighted by Crippen LogP contribution is 2.27. The van der Waals surface area contributed by atoms with Gasteiger partial charge < -0.3 is 4.74 Å². The lowest BCUT2D eigenvalue weighted by Crippen LogP contribution is -2.30. The summed E-state index contributed by atoms with van der Waals surface area (Å²) in [6.07, 6.45) is 0. The molecule has 0 aliphatic carbocycles. The van der Waals surface area contributed by atoms with E-state index in [0.29, 0.717) is 16.3 Å². The molecule has 1 aromatic rings. The number of nitrogens with two attached hydrogens (primary N) is 1. The number of hydrazine groups is 1. The maximum Gasteiger partial charge on any atom is 0.265 e. The zero-order valence-electron chi connectivity index (χ0n) is 7.93. The average molecular weight is 215 g/mol. The van der Waals surface area contributed by atoms with Crippen molar-refractivity contribution in [3.8, 4) is 5.75 Å². The maximum atomic E-state index is 11.3. The van der Waals surface area contributed by atoms with E-state index in [-0.39, 0.29) is 5.91 Å². The van der Waals surface area contributed by atoms with E-state index in [2.05, 4.69) is 0 Å². The number of nitrogen functional groups attached to an aromatic ring is 1. The number of hydrogen-bond acceptors (Lipinski definition) is 3. The minimum Gasteiger partial charge on any atom is -0.495 e. The molecule has 0 atom stereocenters. The molecule has 0 radical (unpaired) electrons. The molecule has 0 heterocycles. The molecule has 1 amide bonds. The van der Waals surface area contributed by atoms with E-state index in [4.69, 9.17) is 22.2 Å². The lowest BCUT2D eigenvalue weighted by Gasteiger charge is -2.08. The fourth-order valence-corrected chi connectivity index (χ4v) is 1.37. The van der Waals surface area contributed by atoms with Crippen molar-refractivity contribution in [1.29, 1.82) is 0 Å². The zero-order chi connectivity index (χ0) is 10.7. The number of amides is 1. The van der Waals surface area contributed by atoms with Gasteiger partial charge in [-0.1, -0.05) is 11.6 Å². The first-order chi connectivity index (χ1) is 6.60. The Morgan fingerprint density at radius 3 is 2.71 bits per heavy atom. The van der Waals surface area contributed by atoms with Crippen molar-refractivity contribution in [1.82, 2.24) is 5.43 Å². The Hall–Kier alpha value is -1.26. The normalized spacial score (nSPS) is 9.71. The van der Waals surface area contributed by atoms with Gasteiger partial charge in [-0.25, -0.2) is 5.84 Å². The van der Waals surface area contributed by atoms with Crippen LogP contribution < -0.4 is 16.0 Å². The summed E-state index contributed by atoms with van der Waals surface area (Å²) in [4.78, 5) is 11.3. The molecule has 0 spiro atoms. The van der Waals surface area contributed by atoms with E-state index >= 15 is 0 Å². The fraction of sp³-hybridized carbons (Fsp3) is 0.222. The first-order valence-electron chi connectivity index (χ1n) is 3.95. The Morgan fingerprint density at radius 1 is 1.57 bits per heavy atom. The molecule has 0 aliphatic heterocycles. The van der Waals surface area contributed by atoms with Crippen LogP contribution in [0.1, 0.15) is 15.9 Å². The number of rotatable bonds is 2. The number of nitrogens with one attached hydrogen (secondary N) is 1. The summed E-state index contributed by atoms with van der Waals surface area (Å²) in [5, 5.41) is 0.386. The Kier molecular flexibility index (Phi) is 3.33. The predicted octanol–water partition coefficient (Wildman–Crippen LogP) is 1.26. The van der Waals surface area contributed by atoms with Crippen molar-refractivity contribution in [2.45, 2.75) is 6.92 Å². The van der Waals surface area contributed by atoms with Gasteiger partial charge in [-0.3, -0.25) is 10.2 Å². The summed E-state index contributed by atoms with van der Waals surface area (Å²) in [5.41, 5.74) is 3.25. The van der Waals surface area contributed by atoms with E-state index in [1.807, 2.05) is 5.43 Å². The second-order valence-corrected chi connectivity index (χ2v) is 3.18. The first-order valence-corrected chi connectivity index (χ1v) is 4.33. The molecule has 0 saturated carbocycles. The molecule has 0 unspecified atom stereocenters. The number of aryl methyl sites for hydroxylation is 1. The van der Waals surface area contributed by atoms with Gasteiger partial charge in [0.25, 0.3) is 5.91 Å². The maximum absolute atomic E-state index is 11.3. The third-order valence-corrected chi connectivity index (χ3v) is 2.17. The molecule has 0 fully saturated rings. The van der Waals surface area contributed by atoms with Crippen LogP contribution in [0, 0.1) is 6.92 Å². The van der Waals surface area contributed by atoms with Gasteiger partial charge in [0.05, 0.1) is 12.1 Å². The van der Waals surface area contributed by atoms with Gasteiger partial charge in [-0.15, -0.1) is 0 Å². The molecule has 5 heteroatoms. The smallest absolute Gasteiger partial charge is 0.265 e. The number of carbonyl (C=O) groups is 1. The van der Waals surface area contributed by atoms with Crippen molar-refractivity contribution >= 4 is 17.5 Å². The van der Waals surface area contributed by atoms with Crippen LogP contribution in [-0.4, -0.2) is 13.0 Å². The van der Waals surface area contributed by atoms with Crippen LogP contribution in [0.3, 0.4) is 0 Å². The Balaban J connectivity index is 3.21. The fourth-order valence-electron chi connectivity index (χ4n) is 1.13. The molecule has 76 valence electrons. The van der Waals surface area contributed by atoms with Crippen molar-refractivity contribution in [2.24, 2.45) is 5.84 Å². The summed E-state index contributed by atoms with van der Waals surface area (Å²) in [7, 11) is 1.52. The third-order valence-electron chi connectivity index (χ3n) is 1.87. The van der Waals surface area contributed by atoms with Crippen LogP contribution in [0.4, 0.5) is 0 Å². The minimum absolute atomic E-state index is 0.368. The van der Waals surface area contributed by atoms with Crippen LogP contribution in [-0.2, 0) is 0 Å². The second-order valence-electron chi connectivity index (χ2n) is 2.78. The number of methoxy groups -OCH3 is 1. The SMILES string of the molecule is COc1cc(C)c(C(=O)NN)cc1Cl. The molecular weight excluding hydrogens is 204 g/mol. The van der Waals surface area contributed by atoms with Crippen LogP contribution in [0.15, 0.2) is 12.1 Å². The number of halogens is 1. The molecule has 0 aliphatic rings. The highest BCUT2D eigenvalue weighted by Gasteiger charge is 2.11. The van der Waals surface area contributed by atoms with Gasteiger partial charge in [0, 0.05) is 5.56 Å². The monoisotopic (exact) mass is 214 g/mol. The largest absolute Gasteiger partial charge is 0.495 e. The number of benzene rings is 1. The second kappa shape index (κ2) is 4.30. The van der Waals surface area contributed by atoms with E-state index in [9.17, 15) is 4.79 Å². The summed E-state index contributed by atoms with van der Waals surface area (Å²) in [6, 6.07) is 3.21. The van der Waals surface area contributed by atoms with Gasteiger partial charge in [0.15, 0.2) is 0 Å². The molecule has 0 aromatic heterocycles. The lowest BCUT2D eigenvalue weighted by atomic mass is 10.1. The molecule has 1 aromatic carbocycles. The highest BCUT2D eigenvalue weighted by molar-refractivity contribution is 6.32. The molecule has 3 N–H and O–H groups in total. The van der Waals surface area contributed by atoms with Gasteiger partial charge in [0.1, 0.15) is 5.75 Å². The number of carbonyl (C=O) groups excluding carboxylic acids is 1. The highest BCUT2D eigenvalue weighted by atomic mass is 35.5. The predicted molar refractivity (Wildman–Crippen MR) is 54.4 cm³/mol. The molecule has 1 rings (SSSR count). The lowest BCUT2D eigenvalue weighted by molar-refractivity contribution is 0.0953. The molecule has 0 bridgehead atoms. The van der Waals surface area contributed by atoms with E-state index in [1.54, 1.807) is 13.0 Å². The van der Waals surface area contributed by atoms with Crippen molar-refractivity contribution < 1.29 is 9.53 Å². The van der Waals surface area contributed by atoms with Gasteiger partial charge in [-0.05, 0) is 24.6 Å². The van der Waals surface area contributed by atoms with Crippen molar-refractivity contribution in [3.63, 3.8) is 0 Å². The first kappa shape index (κ1) is 10.8. The van der Waals surface area contributed by atoms with Gasteiger partial charge in [0.2, 0.25) is 0 Å². The Morgan fingerprint density at radius 2 is 2.21 bits per heavy atom. The Bertz CT molecular complexity index is 366. The van der Waals surface area contributed by atoms with Crippen LogP contribution >= 0.6 is 11.6 Å². The van der Waals surface area contributed by atoms with Crippen LogP contribution in [0.25, 0.3) is 0 Å². The molecular formula is C9H11ClN2O2. The summed E-state index contributed by atoms with van der Waals surface area (Å²) in [6.45, 7) is 1.78. The van der Waals surface area contributed by atoms with Gasteiger partial charge in [-0.2, -0.15) is 0 Å². The van der Waals surface area contributed by atoms with E-state index in [1.165, 1.54) is 13.2 Å². The summed E-state index contributed by atoms with van der Waals surface area (Å²) >= 11 is 5.86. The summed E-state index contributed by atoms with van der Waals surface area (Å²) < 4.78 is 5.00. The minimum atomic E-state index is -0.368. The van der Waals surface area contributed by atoms with Crippen molar-refractivity contribution in [3.05, 3.63) is 28.3 Å². The average Bonchev–Trinajstić information content (AvgIpc) is 2.19. The topological polar surface area (TPSA) is 64.3 Å². The zero-order valence-corrected chi connectivity index (χ0v) is 8.68. The van der Waals surface area contributed by atoms with E-state index in [0.717, 1.165) is 5.56 Å².